The predicted octanol–water partition coefficient (Wildman–Crippen LogP) is -1.01. The Bertz CT molecular complexity index is 722. The van der Waals surface area contributed by atoms with Crippen LogP contribution < -0.4 is 15.2 Å². The lowest BCUT2D eigenvalue weighted by molar-refractivity contribution is 0.101. The third-order valence-corrected chi connectivity index (χ3v) is 4.28. The average molecular weight is 297 g/mol. The molecule has 8 nitrogen and oxygen atoms in total. The Morgan fingerprint density at radius 2 is 2.25 bits per heavy atom. The fraction of sp³-hybridized carbons (Fsp3) is 0.455. The van der Waals surface area contributed by atoms with Crippen molar-refractivity contribution >= 4 is 15.7 Å². The molecule has 1 saturated heterocycles. The number of nitrogens with two attached hydrogens (primary N) is 1. The Morgan fingerprint density at radius 3 is 2.90 bits per heavy atom. The molecule has 0 radical (unpaired) electrons. The zero-order valence-corrected chi connectivity index (χ0v) is 11.5. The van der Waals surface area contributed by atoms with Crippen molar-refractivity contribution in [1.82, 2.24) is 19.9 Å². The van der Waals surface area contributed by atoms with Gasteiger partial charge < -0.3 is 10.1 Å². The lowest BCUT2D eigenvalue weighted by atomic mass is 9.85. The summed E-state index contributed by atoms with van der Waals surface area (Å²) in [5, 5.41) is 12.4. The molecule has 0 spiro atoms. The first kappa shape index (κ1) is 13.3. The van der Waals surface area contributed by atoms with Gasteiger partial charge in [0.15, 0.2) is 5.65 Å². The van der Waals surface area contributed by atoms with Crippen LogP contribution in [-0.4, -0.2) is 48.5 Å². The highest BCUT2D eigenvalue weighted by atomic mass is 32.2. The second-order valence-corrected chi connectivity index (χ2v) is 6.72. The van der Waals surface area contributed by atoms with Crippen LogP contribution in [0.3, 0.4) is 0 Å². The molecule has 3 N–H and O–H groups in total. The molecule has 0 atom stereocenters. The molecule has 3 heterocycles. The van der Waals surface area contributed by atoms with Crippen molar-refractivity contribution in [2.75, 3.05) is 25.4 Å². The van der Waals surface area contributed by atoms with Gasteiger partial charge in [-0.2, -0.15) is 0 Å². The van der Waals surface area contributed by atoms with Gasteiger partial charge in [-0.05, 0) is 6.07 Å². The maximum absolute atomic E-state index is 11.3. The van der Waals surface area contributed by atoms with Gasteiger partial charge in [-0.15, -0.1) is 5.10 Å². The van der Waals surface area contributed by atoms with Gasteiger partial charge in [-0.25, -0.2) is 23.1 Å². The summed E-state index contributed by atoms with van der Waals surface area (Å²) < 4.78 is 29.7. The molecular formula is C11H15N5O3S. The lowest BCUT2D eigenvalue weighted by Crippen LogP contribution is -2.60. The number of nitrogens with one attached hydrogen (secondary N) is 1. The molecule has 108 valence electrons. The zero-order valence-electron chi connectivity index (χ0n) is 10.7. The lowest BCUT2D eigenvalue weighted by Gasteiger charge is -2.41. The zero-order chi connectivity index (χ0) is 14.2. The molecule has 2 aromatic rings. The molecular weight excluding hydrogens is 282 g/mol. The summed E-state index contributed by atoms with van der Waals surface area (Å²) >= 11 is 0. The second-order valence-electron chi connectivity index (χ2n) is 5.10. The van der Waals surface area contributed by atoms with E-state index < -0.39 is 15.4 Å². The molecule has 1 aliphatic rings. The van der Waals surface area contributed by atoms with Crippen molar-refractivity contribution in [2.45, 2.75) is 0 Å². The highest BCUT2D eigenvalue weighted by molar-refractivity contribution is 7.89. The first-order valence-corrected chi connectivity index (χ1v) is 7.82. The molecule has 1 fully saturated rings. The molecule has 9 heteroatoms. The van der Waals surface area contributed by atoms with E-state index >= 15 is 0 Å². The Kier molecular flexibility index (Phi) is 3.11. The van der Waals surface area contributed by atoms with E-state index in [9.17, 15) is 8.42 Å². The van der Waals surface area contributed by atoms with Crippen molar-refractivity contribution in [2.24, 2.45) is 10.6 Å². The summed E-state index contributed by atoms with van der Waals surface area (Å²) in [5.41, 5.74) is 0.251. The number of rotatable bonds is 5. The first-order chi connectivity index (χ1) is 9.46. The standard InChI is InChI=1S/C11H15N5O3S/c12-20(17,18)8-11(5-13-6-11)7-19-10-2-1-9-14-3-4-16(9)15-10/h1-4,13H,5-8H2,(H2,12,17,18). The van der Waals surface area contributed by atoms with Gasteiger partial charge in [0.1, 0.15) is 0 Å². The van der Waals surface area contributed by atoms with E-state index in [2.05, 4.69) is 15.4 Å². The minimum atomic E-state index is -3.53. The van der Waals surface area contributed by atoms with Gasteiger partial charge in [0.2, 0.25) is 15.9 Å². The van der Waals surface area contributed by atoms with Crippen LogP contribution in [-0.2, 0) is 10.0 Å². The minimum Gasteiger partial charge on any atom is -0.476 e. The van der Waals surface area contributed by atoms with Crippen LogP contribution >= 0.6 is 0 Å². The highest BCUT2D eigenvalue weighted by Gasteiger charge is 2.41. The molecule has 0 unspecified atom stereocenters. The summed E-state index contributed by atoms with van der Waals surface area (Å²) in [4.78, 5) is 4.08. The van der Waals surface area contributed by atoms with E-state index in [4.69, 9.17) is 9.88 Å². The third-order valence-electron chi connectivity index (χ3n) is 3.26. The summed E-state index contributed by atoms with van der Waals surface area (Å²) in [7, 11) is -3.53. The normalized spacial score (nSPS) is 17.9. The van der Waals surface area contributed by atoms with E-state index in [0.717, 1.165) is 5.65 Å². The average Bonchev–Trinajstić information content (AvgIpc) is 2.78. The van der Waals surface area contributed by atoms with Gasteiger partial charge in [-0.1, -0.05) is 0 Å². The van der Waals surface area contributed by atoms with Crippen molar-refractivity contribution in [3.8, 4) is 5.88 Å². The van der Waals surface area contributed by atoms with Crippen LogP contribution in [0.2, 0.25) is 0 Å². The van der Waals surface area contributed by atoms with Crippen LogP contribution in [0.5, 0.6) is 5.88 Å². The van der Waals surface area contributed by atoms with E-state index in [1.807, 2.05) is 0 Å². The molecule has 0 aromatic carbocycles. The monoisotopic (exact) mass is 297 g/mol. The Hall–Kier alpha value is -1.71. The topological polar surface area (TPSA) is 112 Å². The molecule has 0 saturated carbocycles. The molecule has 3 rings (SSSR count). The number of hydrogen-bond acceptors (Lipinski definition) is 6. The number of sulfonamides is 1. The van der Waals surface area contributed by atoms with Crippen molar-refractivity contribution in [3.63, 3.8) is 0 Å². The molecule has 1 aliphatic heterocycles. The van der Waals surface area contributed by atoms with Crippen molar-refractivity contribution < 1.29 is 13.2 Å². The van der Waals surface area contributed by atoms with Gasteiger partial charge in [0.05, 0.1) is 12.4 Å². The summed E-state index contributed by atoms with van der Waals surface area (Å²) in [6.07, 6.45) is 3.36. The number of nitrogens with zero attached hydrogens (tertiary/aromatic N) is 3. The number of hydrogen-bond donors (Lipinski definition) is 2. The van der Waals surface area contributed by atoms with Gasteiger partial charge in [-0.3, -0.25) is 0 Å². The van der Waals surface area contributed by atoms with Gasteiger partial charge in [0, 0.05) is 37.0 Å². The van der Waals surface area contributed by atoms with Crippen LogP contribution in [0.1, 0.15) is 0 Å². The number of fused-ring (bicyclic) bond motifs is 1. The number of aromatic nitrogens is 3. The maximum Gasteiger partial charge on any atom is 0.231 e. The maximum atomic E-state index is 11.3. The second kappa shape index (κ2) is 4.69. The summed E-state index contributed by atoms with van der Waals surface area (Å²) in [6, 6.07) is 3.49. The number of imidazole rings is 1. The van der Waals surface area contributed by atoms with Crippen LogP contribution in [0.25, 0.3) is 5.65 Å². The molecule has 20 heavy (non-hydrogen) atoms. The fourth-order valence-corrected chi connectivity index (χ4v) is 3.39. The molecule has 0 amide bonds. The Balaban J connectivity index is 1.71. The van der Waals surface area contributed by atoms with Crippen molar-refractivity contribution in [1.29, 1.82) is 0 Å². The fourth-order valence-electron chi connectivity index (χ4n) is 2.25. The summed E-state index contributed by atoms with van der Waals surface area (Å²) in [6.45, 7) is 1.39. The SMILES string of the molecule is NS(=O)(=O)CC1(COc2ccc3nccn3n2)CNC1. The minimum absolute atomic E-state index is 0.0969. The molecule has 0 bridgehead atoms. The van der Waals surface area contributed by atoms with E-state index in [-0.39, 0.29) is 12.4 Å². The van der Waals surface area contributed by atoms with E-state index in [0.29, 0.717) is 19.0 Å². The predicted molar refractivity (Wildman–Crippen MR) is 71.8 cm³/mol. The van der Waals surface area contributed by atoms with Gasteiger partial charge in [0.25, 0.3) is 0 Å². The van der Waals surface area contributed by atoms with E-state index in [1.54, 1.807) is 29.0 Å². The molecule has 2 aromatic heterocycles. The van der Waals surface area contributed by atoms with E-state index in [1.165, 1.54) is 0 Å². The number of ether oxygens (including phenoxy) is 1. The van der Waals surface area contributed by atoms with Crippen LogP contribution in [0, 0.1) is 5.41 Å². The van der Waals surface area contributed by atoms with Crippen LogP contribution in [0.15, 0.2) is 24.5 Å². The quantitative estimate of drug-likeness (QED) is 0.731. The first-order valence-electron chi connectivity index (χ1n) is 6.10. The number of primary sulfonamides is 1. The molecule has 0 aliphatic carbocycles. The largest absolute Gasteiger partial charge is 0.476 e. The van der Waals surface area contributed by atoms with Gasteiger partial charge >= 0.3 is 0 Å². The summed E-state index contributed by atoms with van der Waals surface area (Å²) in [5.74, 6) is 0.330. The third kappa shape index (κ3) is 2.74. The highest BCUT2D eigenvalue weighted by Crippen LogP contribution is 2.25. The Labute approximate surface area is 116 Å². The Morgan fingerprint density at radius 1 is 1.45 bits per heavy atom. The van der Waals surface area contributed by atoms with Crippen molar-refractivity contribution in [3.05, 3.63) is 24.5 Å². The smallest absolute Gasteiger partial charge is 0.231 e. The van der Waals surface area contributed by atoms with Crippen LogP contribution in [0.4, 0.5) is 0 Å².